The molecule has 0 saturated carbocycles. The summed E-state index contributed by atoms with van der Waals surface area (Å²) in [7, 11) is 0. The molecule has 0 saturated heterocycles. The van der Waals surface area contributed by atoms with Gasteiger partial charge in [-0.2, -0.15) is 0 Å². The molecule has 0 unspecified atom stereocenters. The van der Waals surface area contributed by atoms with E-state index in [-0.39, 0.29) is 0 Å². The molecule has 4 aromatic rings. The molecule has 0 atom stereocenters. The highest BCUT2D eigenvalue weighted by atomic mass is 127. The molecule has 0 aliphatic heterocycles. The predicted molar refractivity (Wildman–Crippen MR) is 123 cm³/mol. The Bertz CT molecular complexity index is 1020. The summed E-state index contributed by atoms with van der Waals surface area (Å²) >= 11 is 9.36. The van der Waals surface area contributed by atoms with Gasteiger partial charge in [0.05, 0.1) is 22.4 Å². The van der Waals surface area contributed by atoms with Gasteiger partial charge in [0.2, 0.25) is 0 Å². The molecule has 0 bridgehead atoms. The van der Waals surface area contributed by atoms with Crippen molar-refractivity contribution in [2.75, 3.05) is 0 Å². The Morgan fingerprint density at radius 1 is 0.692 bits per heavy atom. The van der Waals surface area contributed by atoms with Crippen molar-refractivity contribution < 1.29 is 0 Å². The van der Waals surface area contributed by atoms with E-state index in [1.165, 1.54) is 9.13 Å². The first-order valence-corrected chi connectivity index (χ1v) is 10.7. The normalized spacial score (nSPS) is 11.1. The Labute approximate surface area is 182 Å². The Balaban J connectivity index is 2.02. The first-order chi connectivity index (χ1) is 12.5. The second kappa shape index (κ2) is 7.37. The molecule has 26 heavy (non-hydrogen) atoms. The van der Waals surface area contributed by atoms with E-state index in [0.29, 0.717) is 0 Å². The summed E-state index contributed by atoms with van der Waals surface area (Å²) in [6.45, 7) is 2.10. The quantitative estimate of drug-likeness (QED) is 0.231. The zero-order chi connectivity index (χ0) is 18.3. The van der Waals surface area contributed by atoms with Gasteiger partial charge in [-0.25, -0.2) is 9.97 Å². The van der Waals surface area contributed by atoms with Crippen LogP contribution in [-0.4, -0.2) is 9.97 Å². The maximum Gasteiger partial charge on any atom is 0.0973 e. The topological polar surface area (TPSA) is 25.8 Å². The highest BCUT2D eigenvalue weighted by Crippen LogP contribution is 2.33. The summed E-state index contributed by atoms with van der Waals surface area (Å²) in [6.07, 6.45) is 0. The first kappa shape index (κ1) is 18.1. The summed E-state index contributed by atoms with van der Waals surface area (Å²) in [4.78, 5) is 9.96. The Hall–Kier alpha value is -1.31. The highest BCUT2D eigenvalue weighted by Gasteiger charge is 2.14. The van der Waals surface area contributed by atoms with Crippen molar-refractivity contribution in [1.29, 1.82) is 0 Å². The minimum absolute atomic E-state index is 0.895. The van der Waals surface area contributed by atoms with Crippen LogP contribution in [-0.2, 0) is 0 Å². The van der Waals surface area contributed by atoms with Gasteiger partial charge >= 0.3 is 0 Å². The predicted octanol–water partition coefficient (Wildman–Crippen LogP) is 7.40. The summed E-state index contributed by atoms with van der Waals surface area (Å²) in [5.74, 6) is 0. The van der Waals surface area contributed by atoms with Gasteiger partial charge in [0.25, 0.3) is 0 Å². The van der Waals surface area contributed by atoms with Crippen LogP contribution in [0.15, 0.2) is 69.6 Å². The van der Waals surface area contributed by atoms with E-state index in [9.17, 15) is 0 Å². The van der Waals surface area contributed by atoms with Crippen LogP contribution in [0.4, 0.5) is 0 Å². The number of hydrogen-bond donors (Lipinski definition) is 0. The van der Waals surface area contributed by atoms with Crippen molar-refractivity contribution in [1.82, 2.24) is 9.97 Å². The van der Waals surface area contributed by atoms with Gasteiger partial charge in [-0.1, -0.05) is 56.1 Å². The number of halogens is 3. The van der Waals surface area contributed by atoms with Crippen molar-refractivity contribution in [3.05, 3.63) is 78.7 Å². The SMILES string of the molecule is Cc1cc2nc(-c3ccc(Br)cc3)c(-c3ccc(Br)cc3)nc2cc1I. The second-order valence-corrected chi connectivity index (χ2v) is 9.02. The molecule has 0 aliphatic carbocycles. The monoisotopic (exact) mass is 578 g/mol. The first-order valence-electron chi connectivity index (χ1n) is 8.01. The zero-order valence-electron chi connectivity index (χ0n) is 13.8. The van der Waals surface area contributed by atoms with E-state index in [0.717, 1.165) is 42.5 Å². The molecule has 128 valence electrons. The van der Waals surface area contributed by atoms with Gasteiger partial charge in [-0.3, -0.25) is 0 Å². The molecule has 0 amide bonds. The fourth-order valence-corrected chi connectivity index (χ4v) is 3.78. The second-order valence-electron chi connectivity index (χ2n) is 6.02. The van der Waals surface area contributed by atoms with E-state index >= 15 is 0 Å². The Morgan fingerprint density at radius 2 is 1.12 bits per heavy atom. The Kier molecular flexibility index (Phi) is 5.12. The third-order valence-corrected chi connectivity index (χ3v) is 6.40. The van der Waals surface area contributed by atoms with Crippen molar-refractivity contribution in [2.45, 2.75) is 6.92 Å². The zero-order valence-corrected chi connectivity index (χ0v) is 19.1. The lowest BCUT2D eigenvalue weighted by Gasteiger charge is -2.12. The molecule has 2 nitrogen and oxygen atoms in total. The van der Waals surface area contributed by atoms with E-state index in [4.69, 9.17) is 9.97 Å². The number of hydrogen-bond acceptors (Lipinski definition) is 2. The standard InChI is InChI=1S/C21H13Br2IN2/c1-12-10-18-19(11-17(12)24)26-21(14-4-8-16(23)9-5-14)20(25-18)13-2-6-15(22)7-3-13/h2-11H,1H3. The lowest BCUT2D eigenvalue weighted by molar-refractivity contribution is 1.28. The average Bonchev–Trinajstić information content (AvgIpc) is 2.63. The molecule has 0 aliphatic rings. The van der Waals surface area contributed by atoms with Gasteiger partial charge in [-0.05, 0) is 71.5 Å². The van der Waals surface area contributed by atoms with Gasteiger partial charge in [0.15, 0.2) is 0 Å². The minimum Gasteiger partial charge on any atom is -0.244 e. The number of aryl methyl sites for hydroxylation is 1. The van der Waals surface area contributed by atoms with E-state index in [1.807, 2.05) is 24.3 Å². The van der Waals surface area contributed by atoms with Crippen LogP contribution in [0.25, 0.3) is 33.5 Å². The maximum absolute atomic E-state index is 4.98. The summed E-state index contributed by atoms with van der Waals surface area (Å²) in [6, 6.07) is 20.6. The molecule has 1 heterocycles. The van der Waals surface area contributed by atoms with E-state index < -0.39 is 0 Å². The fraction of sp³-hybridized carbons (Fsp3) is 0.0476. The number of fused-ring (bicyclic) bond motifs is 1. The summed E-state index contributed by atoms with van der Waals surface area (Å²) in [5.41, 5.74) is 6.94. The highest BCUT2D eigenvalue weighted by molar-refractivity contribution is 14.1. The van der Waals surface area contributed by atoms with Crippen LogP contribution in [0.1, 0.15) is 5.56 Å². The van der Waals surface area contributed by atoms with E-state index in [1.54, 1.807) is 0 Å². The molecule has 3 aromatic carbocycles. The molecular weight excluding hydrogens is 567 g/mol. The average molecular weight is 580 g/mol. The van der Waals surface area contributed by atoms with Crippen LogP contribution in [0.3, 0.4) is 0 Å². The van der Waals surface area contributed by atoms with Crippen LogP contribution >= 0.6 is 54.5 Å². The molecule has 4 rings (SSSR count). The third-order valence-electron chi connectivity index (χ3n) is 4.18. The van der Waals surface area contributed by atoms with Crippen molar-refractivity contribution in [3.63, 3.8) is 0 Å². The van der Waals surface area contributed by atoms with Crippen LogP contribution in [0, 0.1) is 10.5 Å². The van der Waals surface area contributed by atoms with Gasteiger partial charge in [0, 0.05) is 23.6 Å². The van der Waals surface area contributed by atoms with Crippen LogP contribution in [0.5, 0.6) is 0 Å². The van der Waals surface area contributed by atoms with Crippen molar-refractivity contribution >= 4 is 65.5 Å². The Morgan fingerprint density at radius 3 is 1.58 bits per heavy atom. The molecular formula is C21H13Br2IN2. The summed E-state index contributed by atoms with van der Waals surface area (Å²) in [5, 5.41) is 0. The van der Waals surface area contributed by atoms with Crippen molar-refractivity contribution in [2.24, 2.45) is 0 Å². The number of rotatable bonds is 2. The largest absolute Gasteiger partial charge is 0.244 e. The lowest BCUT2D eigenvalue weighted by Crippen LogP contribution is -1.97. The molecule has 0 radical (unpaired) electrons. The lowest BCUT2D eigenvalue weighted by atomic mass is 10.0. The third kappa shape index (κ3) is 3.57. The van der Waals surface area contributed by atoms with E-state index in [2.05, 4.69) is 97.8 Å². The van der Waals surface area contributed by atoms with Crippen molar-refractivity contribution in [3.8, 4) is 22.5 Å². The minimum atomic E-state index is 0.895. The molecule has 5 heteroatoms. The van der Waals surface area contributed by atoms with Gasteiger partial charge < -0.3 is 0 Å². The van der Waals surface area contributed by atoms with Gasteiger partial charge in [0.1, 0.15) is 0 Å². The number of benzene rings is 3. The maximum atomic E-state index is 4.98. The molecule has 1 aromatic heterocycles. The molecule has 0 fully saturated rings. The fourth-order valence-electron chi connectivity index (χ4n) is 2.80. The smallest absolute Gasteiger partial charge is 0.0973 e. The van der Waals surface area contributed by atoms with Crippen LogP contribution < -0.4 is 0 Å². The molecule has 0 N–H and O–H groups in total. The van der Waals surface area contributed by atoms with Gasteiger partial charge in [-0.15, -0.1) is 0 Å². The number of nitrogens with zero attached hydrogens (tertiary/aromatic N) is 2. The summed E-state index contributed by atoms with van der Waals surface area (Å²) < 4.78 is 3.29. The number of aromatic nitrogens is 2. The van der Waals surface area contributed by atoms with Crippen LogP contribution in [0.2, 0.25) is 0 Å². The molecule has 0 spiro atoms.